The molecule has 0 saturated heterocycles. The predicted octanol–water partition coefficient (Wildman–Crippen LogP) is 7.04. The molecular formula is C33H28Cl2N4O4. The second-order valence-corrected chi connectivity index (χ2v) is 10.5. The lowest BCUT2D eigenvalue weighted by atomic mass is 10.0. The average Bonchev–Trinajstić information content (AvgIpc) is 3.42. The number of amides is 2. The minimum absolute atomic E-state index is 0.0684. The molecule has 218 valence electrons. The summed E-state index contributed by atoms with van der Waals surface area (Å²) in [5, 5.41) is 8.86. The number of para-hydroxylation sites is 1. The summed E-state index contributed by atoms with van der Waals surface area (Å²) in [5.41, 5.74) is 6.59. The first-order valence-corrected chi connectivity index (χ1v) is 14.2. The largest absolute Gasteiger partial charge is 0.488 e. The highest BCUT2D eigenvalue weighted by Gasteiger charge is 2.23. The number of hydrazone groups is 1. The number of alkyl carbamates (subject to hydrolysis) is 1. The number of carbonyl (C=O) groups excluding carboxylic acids is 2. The fourth-order valence-corrected chi connectivity index (χ4v) is 4.81. The first kappa shape index (κ1) is 29.7. The molecule has 8 nitrogen and oxygen atoms in total. The van der Waals surface area contributed by atoms with Gasteiger partial charge in [0.1, 0.15) is 25.0 Å². The Balaban J connectivity index is 1.28. The molecule has 5 rings (SSSR count). The fraction of sp³-hybridized carbons (Fsp3) is 0.121. The molecule has 2 amide bonds. The molecule has 1 atom stereocenters. The number of aromatic nitrogens is 1. The van der Waals surface area contributed by atoms with Crippen LogP contribution in [0, 0.1) is 0 Å². The van der Waals surface area contributed by atoms with Gasteiger partial charge >= 0.3 is 6.09 Å². The van der Waals surface area contributed by atoms with E-state index in [0.717, 1.165) is 27.6 Å². The minimum Gasteiger partial charge on any atom is -0.488 e. The zero-order chi connectivity index (χ0) is 30.0. The molecule has 0 aliphatic carbocycles. The summed E-state index contributed by atoms with van der Waals surface area (Å²) in [6.45, 7) is 0.343. The van der Waals surface area contributed by atoms with Crippen LogP contribution in [0.15, 0.2) is 108 Å². The summed E-state index contributed by atoms with van der Waals surface area (Å²) in [6.07, 6.45) is 2.74. The van der Waals surface area contributed by atoms with Crippen LogP contribution in [-0.2, 0) is 29.2 Å². The van der Waals surface area contributed by atoms with Crippen LogP contribution in [-0.4, -0.2) is 29.2 Å². The summed E-state index contributed by atoms with van der Waals surface area (Å²) < 4.78 is 11.3. The molecular weight excluding hydrogens is 587 g/mol. The molecule has 0 aliphatic heterocycles. The first-order valence-electron chi connectivity index (χ1n) is 13.5. The van der Waals surface area contributed by atoms with Gasteiger partial charge in [-0.15, -0.1) is 0 Å². The molecule has 0 unspecified atom stereocenters. The van der Waals surface area contributed by atoms with Crippen molar-refractivity contribution >= 4 is 52.3 Å². The van der Waals surface area contributed by atoms with Crippen LogP contribution in [0.4, 0.5) is 4.79 Å². The molecule has 1 heterocycles. The van der Waals surface area contributed by atoms with Gasteiger partial charge in [0.2, 0.25) is 0 Å². The highest BCUT2D eigenvalue weighted by molar-refractivity contribution is 6.31. The van der Waals surface area contributed by atoms with Crippen molar-refractivity contribution in [3.8, 4) is 5.75 Å². The Morgan fingerprint density at radius 2 is 1.63 bits per heavy atom. The van der Waals surface area contributed by atoms with Crippen molar-refractivity contribution in [3.05, 3.63) is 136 Å². The third-order valence-electron chi connectivity index (χ3n) is 6.55. The number of hydrogen-bond donors (Lipinski definition) is 3. The van der Waals surface area contributed by atoms with Crippen molar-refractivity contribution in [2.75, 3.05) is 0 Å². The fourth-order valence-electron chi connectivity index (χ4n) is 4.42. The Labute approximate surface area is 258 Å². The van der Waals surface area contributed by atoms with Gasteiger partial charge in [0.15, 0.2) is 0 Å². The normalized spacial score (nSPS) is 11.8. The molecule has 0 radical (unpaired) electrons. The third kappa shape index (κ3) is 8.38. The highest BCUT2D eigenvalue weighted by Crippen LogP contribution is 2.23. The summed E-state index contributed by atoms with van der Waals surface area (Å²) in [5.74, 6) is -0.0121. The van der Waals surface area contributed by atoms with E-state index < -0.39 is 18.0 Å². The van der Waals surface area contributed by atoms with Crippen molar-refractivity contribution < 1.29 is 19.1 Å². The Hall–Kier alpha value is -4.79. The predicted molar refractivity (Wildman–Crippen MR) is 169 cm³/mol. The van der Waals surface area contributed by atoms with Gasteiger partial charge in [0.25, 0.3) is 5.91 Å². The SMILES string of the molecule is O=C(N[C@@H](Cc1c[nH]c2ccccc12)C(=O)N/N=C\c1cc(Cl)ccc1OCc1cccc(Cl)c1)OCc1ccccc1. The Morgan fingerprint density at radius 3 is 2.47 bits per heavy atom. The van der Waals surface area contributed by atoms with Crippen molar-refractivity contribution in [2.45, 2.75) is 25.7 Å². The quantitative estimate of drug-likeness (QED) is 0.110. The van der Waals surface area contributed by atoms with E-state index in [-0.39, 0.29) is 19.6 Å². The van der Waals surface area contributed by atoms with Gasteiger partial charge in [-0.1, -0.05) is 83.9 Å². The van der Waals surface area contributed by atoms with E-state index in [1.807, 2.05) is 79.0 Å². The van der Waals surface area contributed by atoms with E-state index >= 15 is 0 Å². The number of aromatic amines is 1. The number of rotatable bonds is 11. The van der Waals surface area contributed by atoms with E-state index in [9.17, 15) is 9.59 Å². The number of fused-ring (bicyclic) bond motifs is 1. The van der Waals surface area contributed by atoms with Crippen LogP contribution in [0.1, 0.15) is 22.3 Å². The van der Waals surface area contributed by atoms with Gasteiger partial charge < -0.3 is 19.8 Å². The Bertz CT molecular complexity index is 1740. The molecule has 0 fully saturated rings. The van der Waals surface area contributed by atoms with Crippen molar-refractivity contribution in [2.24, 2.45) is 5.10 Å². The second kappa shape index (κ2) is 14.4. The number of benzene rings is 4. The zero-order valence-electron chi connectivity index (χ0n) is 22.9. The smallest absolute Gasteiger partial charge is 0.408 e. The zero-order valence-corrected chi connectivity index (χ0v) is 24.4. The number of halogens is 2. The summed E-state index contributed by atoms with van der Waals surface area (Å²) in [7, 11) is 0. The lowest BCUT2D eigenvalue weighted by molar-refractivity contribution is -0.123. The van der Waals surface area contributed by atoms with Crippen LogP contribution in [0.3, 0.4) is 0 Å². The summed E-state index contributed by atoms with van der Waals surface area (Å²) >= 11 is 12.3. The molecule has 0 bridgehead atoms. The van der Waals surface area contributed by atoms with Crippen LogP contribution in [0.25, 0.3) is 10.9 Å². The molecule has 3 N–H and O–H groups in total. The van der Waals surface area contributed by atoms with E-state index in [1.165, 1.54) is 6.21 Å². The van der Waals surface area contributed by atoms with Crippen molar-refractivity contribution in [3.63, 3.8) is 0 Å². The molecule has 0 aliphatic rings. The number of ether oxygens (including phenoxy) is 2. The van der Waals surface area contributed by atoms with Crippen LogP contribution >= 0.6 is 23.2 Å². The number of nitrogens with zero attached hydrogens (tertiary/aromatic N) is 1. The number of H-pyrrole nitrogens is 1. The topological polar surface area (TPSA) is 105 Å². The lowest BCUT2D eigenvalue weighted by Crippen LogP contribution is -2.47. The standard InChI is InChI=1S/C33H28Cl2N4O4/c34-26-10-6-9-23(15-26)21-42-31-14-13-27(35)16-25(31)19-37-39-32(40)30(17-24-18-36-29-12-5-4-11-28(24)29)38-33(41)43-20-22-7-2-1-3-8-22/h1-16,18-19,30,36H,17,20-21H2,(H,38,41)(H,39,40)/b37-19-/t30-/m0/s1. The monoisotopic (exact) mass is 614 g/mol. The number of hydrogen-bond acceptors (Lipinski definition) is 5. The van der Waals surface area contributed by atoms with Crippen molar-refractivity contribution in [1.29, 1.82) is 0 Å². The Morgan fingerprint density at radius 1 is 0.860 bits per heavy atom. The number of nitrogens with one attached hydrogen (secondary N) is 3. The molecule has 5 aromatic rings. The van der Waals surface area contributed by atoms with Gasteiger partial charge in [-0.05, 0) is 53.1 Å². The molecule has 0 spiro atoms. The lowest BCUT2D eigenvalue weighted by Gasteiger charge is -2.17. The van der Waals surface area contributed by atoms with E-state index in [1.54, 1.807) is 24.3 Å². The Kier molecular flexibility index (Phi) is 9.94. The summed E-state index contributed by atoms with van der Waals surface area (Å²) in [6, 6.07) is 28.5. The number of carbonyl (C=O) groups is 2. The first-order chi connectivity index (χ1) is 20.9. The van der Waals surface area contributed by atoms with E-state index in [0.29, 0.717) is 21.4 Å². The molecule has 1 aromatic heterocycles. The molecule has 4 aromatic carbocycles. The second-order valence-electron chi connectivity index (χ2n) is 9.66. The van der Waals surface area contributed by atoms with Crippen LogP contribution in [0.2, 0.25) is 10.0 Å². The maximum absolute atomic E-state index is 13.3. The summed E-state index contributed by atoms with van der Waals surface area (Å²) in [4.78, 5) is 29.2. The third-order valence-corrected chi connectivity index (χ3v) is 7.02. The van der Waals surface area contributed by atoms with E-state index in [4.69, 9.17) is 32.7 Å². The highest BCUT2D eigenvalue weighted by atomic mass is 35.5. The average molecular weight is 616 g/mol. The maximum atomic E-state index is 13.3. The molecule has 43 heavy (non-hydrogen) atoms. The minimum atomic E-state index is -0.974. The van der Waals surface area contributed by atoms with Crippen LogP contribution in [0.5, 0.6) is 5.75 Å². The van der Waals surface area contributed by atoms with Gasteiger partial charge in [0.05, 0.1) is 6.21 Å². The molecule has 10 heteroatoms. The van der Waals surface area contributed by atoms with E-state index in [2.05, 4.69) is 20.8 Å². The van der Waals surface area contributed by atoms with Gasteiger partial charge in [0, 0.05) is 39.1 Å². The van der Waals surface area contributed by atoms with Gasteiger partial charge in [-0.25, -0.2) is 10.2 Å². The maximum Gasteiger partial charge on any atom is 0.408 e. The molecule has 0 saturated carbocycles. The van der Waals surface area contributed by atoms with Crippen LogP contribution < -0.4 is 15.5 Å². The van der Waals surface area contributed by atoms with Gasteiger partial charge in [-0.3, -0.25) is 4.79 Å². The van der Waals surface area contributed by atoms with Crippen molar-refractivity contribution in [1.82, 2.24) is 15.7 Å². The van der Waals surface area contributed by atoms with Gasteiger partial charge in [-0.2, -0.15) is 5.10 Å².